The standard InChI is InChI=1S/C12H15N3OS/c1-14(2)11(16)8-15(3)12-13-9-6-4-5-7-10(9)17-12/h4-7H,8H2,1-3H3. The molecular formula is C12H15N3OS. The highest BCUT2D eigenvalue weighted by atomic mass is 32.1. The van der Waals surface area contributed by atoms with Crippen LogP contribution in [0.15, 0.2) is 24.3 Å². The predicted octanol–water partition coefficient (Wildman–Crippen LogP) is 1.82. The zero-order chi connectivity index (χ0) is 12.4. The largest absolute Gasteiger partial charge is 0.347 e. The van der Waals surface area contributed by atoms with Gasteiger partial charge in [-0.05, 0) is 12.1 Å². The summed E-state index contributed by atoms with van der Waals surface area (Å²) in [5.41, 5.74) is 0.983. The second-order valence-electron chi connectivity index (χ2n) is 4.11. The van der Waals surface area contributed by atoms with Crippen molar-refractivity contribution < 1.29 is 4.79 Å². The fourth-order valence-corrected chi connectivity index (χ4v) is 2.36. The van der Waals surface area contributed by atoms with Crippen molar-refractivity contribution in [2.75, 3.05) is 32.6 Å². The van der Waals surface area contributed by atoms with Crippen molar-refractivity contribution >= 4 is 32.6 Å². The molecule has 0 aliphatic heterocycles. The molecule has 1 heterocycles. The zero-order valence-electron chi connectivity index (χ0n) is 10.2. The molecule has 0 saturated carbocycles. The minimum absolute atomic E-state index is 0.0757. The number of fused-ring (bicyclic) bond motifs is 1. The van der Waals surface area contributed by atoms with Gasteiger partial charge in [0.05, 0.1) is 16.8 Å². The van der Waals surface area contributed by atoms with Crippen LogP contribution < -0.4 is 4.90 Å². The predicted molar refractivity (Wildman–Crippen MR) is 71.6 cm³/mol. The van der Waals surface area contributed by atoms with Crippen LogP contribution in [0.2, 0.25) is 0 Å². The maximum atomic E-state index is 11.6. The lowest BCUT2D eigenvalue weighted by Crippen LogP contribution is -2.34. The van der Waals surface area contributed by atoms with Crippen LogP contribution in [0, 0.1) is 0 Å². The third-order valence-corrected chi connectivity index (χ3v) is 3.63. The Morgan fingerprint density at radius 3 is 2.65 bits per heavy atom. The summed E-state index contributed by atoms with van der Waals surface area (Å²) in [4.78, 5) is 19.6. The van der Waals surface area contributed by atoms with Gasteiger partial charge in [0.2, 0.25) is 5.91 Å². The smallest absolute Gasteiger partial charge is 0.241 e. The Morgan fingerprint density at radius 2 is 2.00 bits per heavy atom. The molecule has 4 nitrogen and oxygen atoms in total. The summed E-state index contributed by atoms with van der Waals surface area (Å²) >= 11 is 1.60. The minimum atomic E-state index is 0.0757. The molecule has 0 bridgehead atoms. The topological polar surface area (TPSA) is 36.4 Å². The minimum Gasteiger partial charge on any atom is -0.347 e. The second-order valence-corrected chi connectivity index (χ2v) is 5.12. The first-order chi connectivity index (χ1) is 8.08. The first-order valence-corrected chi connectivity index (χ1v) is 6.16. The van der Waals surface area contributed by atoms with Gasteiger partial charge in [-0.1, -0.05) is 23.5 Å². The molecule has 0 aliphatic carbocycles. The van der Waals surface area contributed by atoms with Gasteiger partial charge in [0.1, 0.15) is 0 Å². The van der Waals surface area contributed by atoms with Gasteiger partial charge in [0.25, 0.3) is 0 Å². The van der Waals surface area contributed by atoms with E-state index >= 15 is 0 Å². The van der Waals surface area contributed by atoms with E-state index in [-0.39, 0.29) is 5.91 Å². The van der Waals surface area contributed by atoms with E-state index in [9.17, 15) is 4.79 Å². The van der Waals surface area contributed by atoms with Gasteiger partial charge in [-0.15, -0.1) is 0 Å². The average molecular weight is 249 g/mol. The summed E-state index contributed by atoms with van der Waals surface area (Å²) in [6.07, 6.45) is 0. The lowest BCUT2D eigenvalue weighted by Gasteiger charge is -2.17. The van der Waals surface area contributed by atoms with Gasteiger partial charge >= 0.3 is 0 Å². The number of anilines is 1. The number of rotatable bonds is 3. The summed E-state index contributed by atoms with van der Waals surface area (Å²) in [5, 5.41) is 0.876. The van der Waals surface area contributed by atoms with Crippen LogP contribution in [0.5, 0.6) is 0 Å². The highest BCUT2D eigenvalue weighted by Crippen LogP contribution is 2.27. The number of carbonyl (C=O) groups excluding carboxylic acids is 1. The van der Waals surface area contributed by atoms with Crippen molar-refractivity contribution in [2.45, 2.75) is 0 Å². The van der Waals surface area contributed by atoms with E-state index in [4.69, 9.17) is 0 Å². The van der Waals surface area contributed by atoms with E-state index in [0.29, 0.717) is 6.54 Å². The summed E-state index contributed by atoms with van der Waals surface area (Å²) in [5.74, 6) is 0.0757. The number of amides is 1. The number of aromatic nitrogens is 1. The Balaban J connectivity index is 2.19. The molecule has 0 unspecified atom stereocenters. The molecule has 0 N–H and O–H groups in total. The number of carbonyl (C=O) groups is 1. The maximum absolute atomic E-state index is 11.6. The number of thiazole rings is 1. The van der Waals surface area contributed by atoms with Crippen molar-refractivity contribution in [3.8, 4) is 0 Å². The van der Waals surface area contributed by atoms with Crippen molar-refractivity contribution in [3.05, 3.63) is 24.3 Å². The first kappa shape index (κ1) is 11.9. The van der Waals surface area contributed by atoms with E-state index in [0.717, 1.165) is 15.3 Å². The number of hydrogen-bond donors (Lipinski definition) is 0. The molecule has 0 aliphatic rings. The molecule has 2 aromatic rings. The molecule has 0 saturated heterocycles. The summed E-state index contributed by atoms with van der Waals surface area (Å²) in [6, 6.07) is 7.99. The van der Waals surface area contributed by atoms with E-state index in [1.807, 2.05) is 36.2 Å². The molecule has 17 heavy (non-hydrogen) atoms. The van der Waals surface area contributed by atoms with Crippen LogP contribution in [0.4, 0.5) is 5.13 Å². The molecule has 1 amide bonds. The lowest BCUT2D eigenvalue weighted by atomic mass is 10.3. The van der Waals surface area contributed by atoms with Gasteiger partial charge in [-0.3, -0.25) is 4.79 Å². The molecule has 0 fully saturated rings. The molecule has 1 aromatic heterocycles. The molecule has 2 rings (SSSR count). The van der Waals surface area contributed by atoms with Crippen molar-refractivity contribution in [2.24, 2.45) is 0 Å². The van der Waals surface area contributed by atoms with Gasteiger partial charge in [-0.25, -0.2) is 4.98 Å². The molecule has 5 heteroatoms. The van der Waals surface area contributed by atoms with E-state index in [2.05, 4.69) is 4.98 Å². The monoisotopic (exact) mass is 249 g/mol. The fourth-order valence-electron chi connectivity index (χ4n) is 1.44. The van der Waals surface area contributed by atoms with Crippen LogP contribution in [-0.2, 0) is 4.79 Å². The van der Waals surface area contributed by atoms with Gasteiger partial charge in [0.15, 0.2) is 5.13 Å². The summed E-state index contributed by atoms with van der Waals surface area (Å²) in [6.45, 7) is 0.354. The molecule has 0 atom stereocenters. The maximum Gasteiger partial charge on any atom is 0.241 e. The van der Waals surface area contributed by atoms with Gasteiger partial charge in [-0.2, -0.15) is 0 Å². The molecule has 1 aromatic carbocycles. The van der Waals surface area contributed by atoms with E-state index in [1.165, 1.54) is 0 Å². The number of benzene rings is 1. The normalized spacial score (nSPS) is 10.5. The number of para-hydroxylation sites is 1. The molecule has 0 radical (unpaired) electrons. The Labute approximate surface area is 104 Å². The van der Waals surface area contributed by atoms with Crippen LogP contribution >= 0.6 is 11.3 Å². The summed E-state index contributed by atoms with van der Waals surface area (Å²) < 4.78 is 1.15. The van der Waals surface area contributed by atoms with Gasteiger partial charge < -0.3 is 9.80 Å². The van der Waals surface area contributed by atoms with Crippen LogP contribution in [0.25, 0.3) is 10.2 Å². The first-order valence-electron chi connectivity index (χ1n) is 5.35. The quantitative estimate of drug-likeness (QED) is 0.832. The fraction of sp³-hybridized carbons (Fsp3) is 0.333. The Kier molecular flexibility index (Phi) is 3.28. The average Bonchev–Trinajstić information content (AvgIpc) is 2.72. The highest BCUT2D eigenvalue weighted by molar-refractivity contribution is 7.22. The van der Waals surface area contributed by atoms with Gasteiger partial charge in [0, 0.05) is 21.1 Å². The van der Waals surface area contributed by atoms with Crippen LogP contribution in [0.3, 0.4) is 0 Å². The highest BCUT2D eigenvalue weighted by Gasteiger charge is 2.12. The summed E-state index contributed by atoms with van der Waals surface area (Å²) in [7, 11) is 5.40. The third-order valence-electron chi connectivity index (χ3n) is 2.48. The molecule has 90 valence electrons. The van der Waals surface area contributed by atoms with E-state index in [1.54, 1.807) is 30.3 Å². The van der Waals surface area contributed by atoms with Crippen LogP contribution in [0.1, 0.15) is 0 Å². The number of hydrogen-bond acceptors (Lipinski definition) is 4. The van der Waals surface area contributed by atoms with E-state index < -0.39 is 0 Å². The van der Waals surface area contributed by atoms with Crippen molar-refractivity contribution in [1.29, 1.82) is 0 Å². The molecule has 0 spiro atoms. The lowest BCUT2D eigenvalue weighted by molar-refractivity contribution is -0.127. The zero-order valence-corrected chi connectivity index (χ0v) is 11.0. The third kappa shape index (κ3) is 2.55. The number of likely N-dealkylation sites (N-methyl/N-ethyl adjacent to an activating group) is 2. The Morgan fingerprint density at radius 1 is 1.29 bits per heavy atom. The molecular weight excluding hydrogens is 234 g/mol. The van der Waals surface area contributed by atoms with Crippen molar-refractivity contribution in [3.63, 3.8) is 0 Å². The second kappa shape index (κ2) is 4.71. The SMILES string of the molecule is CN(C)C(=O)CN(C)c1nc2ccccc2s1. The number of nitrogens with zero attached hydrogens (tertiary/aromatic N) is 3. The Bertz CT molecular complexity index is 502. The van der Waals surface area contributed by atoms with Crippen molar-refractivity contribution in [1.82, 2.24) is 9.88 Å². The van der Waals surface area contributed by atoms with Crippen LogP contribution in [-0.4, -0.2) is 43.5 Å². The Hall–Kier alpha value is -1.62.